The van der Waals surface area contributed by atoms with Gasteiger partial charge >= 0.3 is 0 Å². The Morgan fingerprint density at radius 1 is 1.00 bits per heavy atom. The fraction of sp³-hybridized carbons (Fsp3) is 0.211. The van der Waals surface area contributed by atoms with E-state index in [0.717, 1.165) is 37.5 Å². The third-order valence-corrected chi connectivity index (χ3v) is 5.56. The van der Waals surface area contributed by atoms with Crippen LogP contribution in [0.4, 0.5) is 11.4 Å². The Labute approximate surface area is 145 Å². The summed E-state index contributed by atoms with van der Waals surface area (Å²) in [6.45, 7) is 3.44. The van der Waals surface area contributed by atoms with Gasteiger partial charge in [0.25, 0.3) is 0 Å². The summed E-state index contributed by atoms with van der Waals surface area (Å²) in [5.74, 6) is 0. The topological polar surface area (TPSA) is 37.4 Å². The SMILES string of the molecule is c1ccc2c(c1)SNc1c-2ccc2c(N3CCOCC3)ccnc12. The van der Waals surface area contributed by atoms with Gasteiger partial charge in [0, 0.05) is 40.8 Å². The van der Waals surface area contributed by atoms with Crippen molar-refractivity contribution in [1.82, 2.24) is 4.98 Å². The van der Waals surface area contributed by atoms with Gasteiger partial charge in [-0.2, -0.15) is 0 Å². The lowest BCUT2D eigenvalue weighted by molar-refractivity contribution is 0.123. The second-order valence-corrected chi connectivity index (χ2v) is 6.86. The minimum Gasteiger partial charge on any atom is -0.378 e. The molecule has 0 spiro atoms. The zero-order chi connectivity index (χ0) is 15.9. The van der Waals surface area contributed by atoms with E-state index in [1.807, 2.05) is 6.20 Å². The molecule has 2 aromatic carbocycles. The number of hydrogen-bond donors (Lipinski definition) is 1. The van der Waals surface area contributed by atoms with Crippen LogP contribution in [0.15, 0.2) is 53.6 Å². The van der Waals surface area contributed by atoms with E-state index < -0.39 is 0 Å². The first kappa shape index (κ1) is 14.1. The number of aromatic nitrogens is 1. The summed E-state index contributed by atoms with van der Waals surface area (Å²) in [6.07, 6.45) is 1.92. The molecule has 24 heavy (non-hydrogen) atoms. The van der Waals surface area contributed by atoms with Crippen LogP contribution in [0.3, 0.4) is 0 Å². The minimum absolute atomic E-state index is 0.788. The van der Waals surface area contributed by atoms with E-state index in [1.54, 1.807) is 11.9 Å². The van der Waals surface area contributed by atoms with Crippen LogP contribution in [0.25, 0.3) is 22.0 Å². The van der Waals surface area contributed by atoms with Gasteiger partial charge in [0.1, 0.15) is 0 Å². The molecule has 5 rings (SSSR count). The van der Waals surface area contributed by atoms with Crippen LogP contribution in [0.5, 0.6) is 0 Å². The molecule has 5 heteroatoms. The Kier molecular flexibility index (Phi) is 3.35. The summed E-state index contributed by atoms with van der Waals surface area (Å²) in [6, 6.07) is 15.0. The number of anilines is 2. The molecule has 2 aliphatic rings. The summed E-state index contributed by atoms with van der Waals surface area (Å²) in [5.41, 5.74) is 5.90. The second kappa shape index (κ2) is 5.69. The predicted octanol–water partition coefficient (Wildman–Crippen LogP) is 4.17. The normalized spacial score (nSPS) is 16.4. The molecular weight excluding hydrogens is 318 g/mol. The van der Waals surface area contributed by atoms with Crippen LogP contribution in [0.1, 0.15) is 0 Å². The van der Waals surface area contributed by atoms with Crippen molar-refractivity contribution >= 4 is 34.2 Å². The molecule has 1 aromatic heterocycles. The van der Waals surface area contributed by atoms with E-state index in [9.17, 15) is 0 Å². The van der Waals surface area contributed by atoms with Crippen LogP contribution in [-0.2, 0) is 4.74 Å². The number of rotatable bonds is 1. The van der Waals surface area contributed by atoms with Gasteiger partial charge in [-0.1, -0.05) is 24.3 Å². The van der Waals surface area contributed by atoms with Gasteiger partial charge in [0.2, 0.25) is 0 Å². The summed E-state index contributed by atoms with van der Waals surface area (Å²) >= 11 is 1.66. The van der Waals surface area contributed by atoms with Crippen LogP contribution >= 0.6 is 11.9 Å². The maximum atomic E-state index is 5.49. The number of fused-ring (bicyclic) bond motifs is 5. The molecule has 0 unspecified atom stereocenters. The first-order valence-corrected chi connectivity index (χ1v) is 9.00. The molecule has 3 aromatic rings. The van der Waals surface area contributed by atoms with E-state index in [2.05, 4.69) is 57.1 Å². The standard InChI is InChI=1S/C19H17N3OS/c1-2-4-17-13(3-1)14-5-6-15-16(22-9-11-23-12-10-22)7-8-20-18(15)19(14)21-24-17/h1-8,21H,9-12H2. The second-order valence-electron chi connectivity index (χ2n) is 6.01. The molecule has 120 valence electrons. The molecule has 0 aliphatic carbocycles. The van der Waals surface area contributed by atoms with Gasteiger partial charge in [0.05, 0.1) is 24.4 Å². The van der Waals surface area contributed by atoms with Crippen molar-refractivity contribution in [2.75, 3.05) is 35.9 Å². The van der Waals surface area contributed by atoms with Crippen molar-refractivity contribution < 1.29 is 4.74 Å². The average molecular weight is 335 g/mol. The lowest BCUT2D eigenvalue weighted by atomic mass is 10.00. The number of hydrogen-bond acceptors (Lipinski definition) is 5. The maximum Gasteiger partial charge on any atom is 0.0968 e. The van der Waals surface area contributed by atoms with Gasteiger partial charge < -0.3 is 14.4 Å². The number of ether oxygens (including phenoxy) is 1. The van der Waals surface area contributed by atoms with Crippen molar-refractivity contribution in [3.63, 3.8) is 0 Å². The zero-order valence-electron chi connectivity index (χ0n) is 13.2. The van der Waals surface area contributed by atoms with E-state index >= 15 is 0 Å². The molecular formula is C19H17N3OS. The first-order chi connectivity index (χ1) is 11.9. The highest BCUT2D eigenvalue weighted by Gasteiger charge is 2.21. The van der Waals surface area contributed by atoms with Crippen LogP contribution in [0.2, 0.25) is 0 Å². The fourth-order valence-electron chi connectivity index (χ4n) is 3.50. The van der Waals surface area contributed by atoms with Gasteiger partial charge in [-0.3, -0.25) is 4.98 Å². The Bertz CT molecular complexity index is 922. The summed E-state index contributed by atoms with van der Waals surface area (Å²) in [7, 11) is 0. The highest BCUT2D eigenvalue weighted by Crippen LogP contribution is 2.45. The average Bonchev–Trinajstić information content (AvgIpc) is 2.67. The number of nitrogens with one attached hydrogen (secondary N) is 1. The lowest BCUT2D eigenvalue weighted by Crippen LogP contribution is -2.36. The number of morpholine rings is 1. The molecule has 0 bridgehead atoms. The predicted molar refractivity (Wildman–Crippen MR) is 99.7 cm³/mol. The Morgan fingerprint density at radius 3 is 2.79 bits per heavy atom. The largest absolute Gasteiger partial charge is 0.378 e. The maximum absolute atomic E-state index is 5.49. The summed E-state index contributed by atoms with van der Waals surface area (Å²) in [4.78, 5) is 8.34. The number of benzene rings is 2. The first-order valence-electron chi connectivity index (χ1n) is 8.18. The highest BCUT2D eigenvalue weighted by molar-refractivity contribution is 8.00. The Balaban J connectivity index is 1.70. The van der Waals surface area contributed by atoms with Gasteiger partial charge in [-0.05, 0) is 35.7 Å². The van der Waals surface area contributed by atoms with E-state index in [1.165, 1.54) is 27.1 Å². The molecule has 2 aliphatic heterocycles. The van der Waals surface area contributed by atoms with E-state index in [-0.39, 0.29) is 0 Å². The third-order valence-electron chi connectivity index (χ3n) is 4.68. The Hall–Kier alpha value is -2.24. The van der Waals surface area contributed by atoms with Crippen LogP contribution in [-0.4, -0.2) is 31.3 Å². The molecule has 1 N–H and O–H groups in total. The van der Waals surface area contributed by atoms with Crippen LogP contribution < -0.4 is 9.62 Å². The van der Waals surface area contributed by atoms with Crippen molar-refractivity contribution in [2.45, 2.75) is 4.90 Å². The van der Waals surface area contributed by atoms with E-state index in [0.29, 0.717) is 0 Å². The van der Waals surface area contributed by atoms with Gasteiger partial charge in [-0.15, -0.1) is 0 Å². The Morgan fingerprint density at radius 2 is 1.88 bits per heavy atom. The molecule has 1 saturated heterocycles. The number of nitrogens with zero attached hydrogens (tertiary/aromatic N) is 2. The van der Waals surface area contributed by atoms with E-state index in [4.69, 9.17) is 4.74 Å². The smallest absolute Gasteiger partial charge is 0.0968 e. The molecule has 0 amide bonds. The monoisotopic (exact) mass is 335 g/mol. The van der Waals surface area contributed by atoms with Gasteiger partial charge in [-0.25, -0.2) is 0 Å². The van der Waals surface area contributed by atoms with Crippen molar-refractivity contribution in [3.8, 4) is 11.1 Å². The fourth-order valence-corrected chi connectivity index (χ4v) is 4.35. The van der Waals surface area contributed by atoms with Crippen molar-refractivity contribution in [2.24, 2.45) is 0 Å². The molecule has 0 radical (unpaired) electrons. The minimum atomic E-state index is 0.788. The lowest BCUT2D eigenvalue weighted by Gasteiger charge is -2.30. The highest BCUT2D eigenvalue weighted by atomic mass is 32.2. The summed E-state index contributed by atoms with van der Waals surface area (Å²) in [5, 5.41) is 1.20. The quantitative estimate of drug-likeness (QED) is 0.676. The molecule has 4 nitrogen and oxygen atoms in total. The van der Waals surface area contributed by atoms with Crippen molar-refractivity contribution in [3.05, 3.63) is 48.7 Å². The zero-order valence-corrected chi connectivity index (χ0v) is 14.0. The molecule has 1 fully saturated rings. The number of pyridine rings is 1. The third kappa shape index (κ3) is 2.16. The van der Waals surface area contributed by atoms with Crippen molar-refractivity contribution in [1.29, 1.82) is 0 Å². The summed E-state index contributed by atoms with van der Waals surface area (Å²) < 4.78 is 8.99. The molecule has 3 heterocycles. The molecule has 0 saturated carbocycles. The van der Waals surface area contributed by atoms with Gasteiger partial charge in [0.15, 0.2) is 0 Å². The molecule has 0 atom stereocenters. The van der Waals surface area contributed by atoms with Crippen LogP contribution in [0, 0.1) is 0 Å².